The van der Waals surface area contributed by atoms with Crippen molar-refractivity contribution in [3.63, 3.8) is 0 Å². The van der Waals surface area contributed by atoms with Gasteiger partial charge in [-0.3, -0.25) is 4.79 Å². The Morgan fingerprint density at radius 1 is 0.933 bits per heavy atom. The molecule has 0 atom stereocenters. The zero-order chi connectivity index (χ0) is 22.1. The lowest BCUT2D eigenvalue weighted by Crippen LogP contribution is -2.01. The number of aliphatic hydroxyl groups excluding tert-OH is 1. The molecule has 6 heteroatoms. The fourth-order valence-electron chi connectivity index (χ4n) is 2.62. The standard InChI is InChI=1S/C24H24O6/c1-4-5-18(19(25)10-6-16-8-12-21(27)23(14-16)29-2)20(26)11-7-17-9-13-22(28)24(15-17)30-3/h4,6-15,25,27-28H,1,5H2,2-3H3/b10-6+,11-7+,19-18?. The molecule has 0 radical (unpaired) electrons. The summed E-state index contributed by atoms with van der Waals surface area (Å²) in [7, 11) is 2.88. The summed E-state index contributed by atoms with van der Waals surface area (Å²) in [6, 6.07) is 9.42. The first-order chi connectivity index (χ1) is 14.4. The van der Waals surface area contributed by atoms with E-state index in [0.29, 0.717) is 22.6 Å². The normalized spacial score (nSPS) is 12.1. The Morgan fingerprint density at radius 3 is 1.90 bits per heavy atom. The number of phenols is 2. The molecule has 0 aliphatic heterocycles. The third-order valence-electron chi connectivity index (χ3n) is 4.22. The van der Waals surface area contributed by atoms with Crippen molar-refractivity contribution in [1.29, 1.82) is 0 Å². The summed E-state index contributed by atoms with van der Waals surface area (Å²) < 4.78 is 10.1. The molecule has 6 nitrogen and oxygen atoms in total. The Kier molecular flexibility index (Phi) is 7.88. The highest BCUT2D eigenvalue weighted by Crippen LogP contribution is 2.28. The van der Waals surface area contributed by atoms with E-state index in [0.717, 1.165) is 0 Å². The summed E-state index contributed by atoms with van der Waals surface area (Å²) in [5.74, 6) is 0.0267. The van der Waals surface area contributed by atoms with Crippen LogP contribution in [-0.4, -0.2) is 35.3 Å². The Labute approximate surface area is 175 Å². The molecule has 2 aromatic rings. The molecule has 0 aromatic heterocycles. The van der Waals surface area contributed by atoms with Crippen LogP contribution >= 0.6 is 0 Å². The van der Waals surface area contributed by atoms with Crippen LogP contribution in [0.5, 0.6) is 23.0 Å². The molecule has 156 valence electrons. The number of ether oxygens (including phenoxy) is 2. The van der Waals surface area contributed by atoms with Gasteiger partial charge in [0.15, 0.2) is 28.8 Å². The lowest BCUT2D eigenvalue weighted by atomic mass is 10.0. The van der Waals surface area contributed by atoms with Gasteiger partial charge in [-0.25, -0.2) is 0 Å². The van der Waals surface area contributed by atoms with Crippen LogP contribution in [0.25, 0.3) is 12.2 Å². The van der Waals surface area contributed by atoms with Crippen LogP contribution in [0.3, 0.4) is 0 Å². The minimum Gasteiger partial charge on any atom is -0.508 e. The maximum absolute atomic E-state index is 12.6. The molecular weight excluding hydrogens is 384 g/mol. The molecule has 0 heterocycles. The minimum absolute atomic E-state index is 0.00172. The van der Waals surface area contributed by atoms with Gasteiger partial charge < -0.3 is 24.8 Å². The maximum Gasteiger partial charge on any atom is 0.185 e. The van der Waals surface area contributed by atoms with Gasteiger partial charge in [0, 0.05) is 5.57 Å². The SMILES string of the molecule is C=CCC(C(=O)/C=C/c1ccc(O)c(OC)c1)=C(O)/C=C/c1ccc(O)c(OC)c1. The summed E-state index contributed by atoms with van der Waals surface area (Å²) in [6.07, 6.45) is 7.60. The second-order valence-electron chi connectivity index (χ2n) is 6.25. The second kappa shape index (κ2) is 10.6. The molecule has 0 bridgehead atoms. The van der Waals surface area contributed by atoms with E-state index in [1.54, 1.807) is 36.4 Å². The number of aromatic hydroxyl groups is 2. The van der Waals surface area contributed by atoms with Gasteiger partial charge in [0.1, 0.15) is 5.76 Å². The molecule has 0 aliphatic carbocycles. The van der Waals surface area contributed by atoms with E-state index in [1.165, 1.54) is 44.6 Å². The number of carbonyl (C=O) groups excluding carboxylic acids is 1. The Bertz CT molecular complexity index is 1010. The van der Waals surface area contributed by atoms with Crippen molar-refractivity contribution in [3.05, 3.63) is 83.7 Å². The highest BCUT2D eigenvalue weighted by molar-refractivity contribution is 6.07. The van der Waals surface area contributed by atoms with Crippen molar-refractivity contribution in [2.45, 2.75) is 6.42 Å². The van der Waals surface area contributed by atoms with E-state index in [2.05, 4.69) is 6.58 Å². The van der Waals surface area contributed by atoms with Gasteiger partial charge in [-0.1, -0.05) is 30.4 Å². The van der Waals surface area contributed by atoms with Crippen molar-refractivity contribution in [2.75, 3.05) is 14.2 Å². The minimum atomic E-state index is -0.382. The van der Waals surface area contributed by atoms with Crippen molar-refractivity contribution in [2.24, 2.45) is 0 Å². The monoisotopic (exact) mass is 408 g/mol. The van der Waals surface area contributed by atoms with Gasteiger partial charge in [-0.05, 0) is 54.0 Å². The number of benzene rings is 2. The zero-order valence-corrected chi connectivity index (χ0v) is 16.8. The van der Waals surface area contributed by atoms with Gasteiger partial charge in [0.2, 0.25) is 0 Å². The number of hydrogen-bond donors (Lipinski definition) is 3. The molecular formula is C24H24O6. The Morgan fingerprint density at radius 2 is 1.43 bits per heavy atom. The molecule has 3 N–H and O–H groups in total. The van der Waals surface area contributed by atoms with Gasteiger partial charge in [-0.2, -0.15) is 0 Å². The van der Waals surface area contributed by atoms with Crippen molar-refractivity contribution in [1.82, 2.24) is 0 Å². The average molecular weight is 408 g/mol. The predicted octanol–water partition coefficient (Wildman–Crippen LogP) is 4.80. The van der Waals surface area contributed by atoms with E-state index in [4.69, 9.17) is 9.47 Å². The van der Waals surface area contributed by atoms with E-state index in [9.17, 15) is 20.1 Å². The number of allylic oxidation sites excluding steroid dienone is 4. The summed E-state index contributed by atoms with van der Waals surface area (Å²) in [5, 5.41) is 29.7. The fraction of sp³-hybridized carbons (Fsp3) is 0.125. The highest BCUT2D eigenvalue weighted by atomic mass is 16.5. The number of carbonyl (C=O) groups is 1. The molecule has 0 aliphatic rings. The van der Waals surface area contributed by atoms with Crippen LogP contribution < -0.4 is 9.47 Å². The van der Waals surface area contributed by atoms with Crippen molar-refractivity contribution >= 4 is 17.9 Å². The number of hydrogen-bond acceptors (Lipinski definition) is 6. The van der Waals surface area contributed by atoms with Crippen LogP contribution in [0.15, 0.2) is 72.5 Å². The predicted molar refractivity (Wildman–Crippen MR) is 117 cm³/mol. The highest BCUT2D eigenvalue weighted by Gasteiger charge is 2.10. The van der Waals surface area contributed by atoms with Crippen LogP contribution in [0.1, 0.15) is 17.5 Å². The fourth-order valence-corrected chi connectivity index (χ4v) is 2.62. The summed E-state index contributed by atoms with van der Waals surface area (Å²) >= 11 is 0. The maximum atomic E-state index is 12.6. The topological polar surface area (TPSA) is 96.2 Å². The molecule has 0 spiro atoms. The van der Waals surface area contributed by atoms with E-state index in [1.807, 2.05) is 0 Å². The number of aliphatic hydroxyl groups is 1. The molecule has 0 unspecified atom stereocenters. The lowest BCUT2D eigenvalue weighted by Gasteiger charge is -2.05. The van der Waals surface area contributed by atoms with Crippen molar-refractivity contribution in [3.8, 4) is 23.0 Å². The third kappa shape index (κ3) is 5.78. The van der Waals surface area contributed by atoms with Crippen LogP contribution in [-0.2, 0) is 4.79 Å². The first-order valence-electron chi connectivity index (χ1n) is 9.07. The molecule has 0 fully saturated rings. The number of methoxy groups -OCH3 is 2. The third-order valence-corrected chi connectivity index (χ3v) is 4.22. The Balaban J connectivity index is 2.26. The van der Waals surface area contributed by atoms with Crippen LogP contribution in [0, 0.1) is 0 Å². The number of phenolic OH excluding ortho intramolecular Hbond substituents is 2. The molecule has 0 saturated heterocycles. The zero-order valence-electron chi connectivity index (χ0n) is 16.8. The Hall–Kier alpha value is -3.93. The number of rotatable bonds is 9. The van der Waals surface area contributed by atoms with Gasteiger partial charge in [0.05, 0.1) is 14.2 Å². The smallest absolute Gasteiger partial charge is 0.185 e. The average Bonchev–Trinajstić information content (AvgIpc) is 2.75. The van der Waals surface area contributed by atoms with E-state index >= 15 is 0 Å². The van der Waals surface area contributed by atoms with Crippen LogP contribution in [0.2, 0.25) is 0 Å². The van der Waals surface area contributed by atoms with Gasteiger partial charge in [0.25, 0.3) is 0 Å². The lowest BCUT2D eigenvalue weighted by molar-refractivity contribution is -0.111. The van der Waals surface area contributed by atoms with E-state index < -0.39 is 0 Å². The van der Waals surface area contributed by atoms with Gasteiger partial charge >= 0.3 is 0 Å². The second-order valence-corrected chi connectivity index (χ2v) is 6.25. The van der Waals surface area contributed by atoms with E-state index in [-0.39, 0.29) is 35.0 Å². The molecule has 30 heavy (non-hydrogen) atoms. The first kappa shape index (κ1) is 22.4. The molecule has 0 saturated carbocycles. The quantitative estimate of drug-likeness (QED) is 0.239. The molecule has 2 rings (SSSR count). The summed E-state index contributed by atoms with van der Waals surface area (Å²) in [6.45, 7) is 3.63. The van der Waals surface area contributed by atoms with Gasteiger partial charge in [-0.15, -0.1) is 6.58 Å². The molecule has 2 aromatic carbocycles. The summed E-state index contributed by atoms with van der Waals surface area (Å²) in [4.78, 5) is 12.6. The summed E-state index contributed by atoms with van der Waals surface area (Å²) in [5.41, 5.74) is 1.50. The van der Waals surface area contributed by atoms with Crippen LogP contribution in [0.4, 0.5) is 0 Å². The van der Waals surface area contributed by atoms with Crippen molar-refractivity contribution < 1.29 is 29.6 Å². The molecule has 0 amide bonds. The first-order valence-corrected chi connectivity index (χ1v) is 9.07. The largest absolute Gasteiger partial charge is 0.508 e. The number of ketones is 1.